The topological polar surface area (TPSA) is 66.5 Å². The molecule has 2 rings (SSSR count). The summed E-state index contributed by atoms with van der Waals surface area (Å²) in [5.41, 5.74) is 3.77. The number of nitrogens with zero attached hydrogens (tertiary/aromatic N) is 1. The second-order valence-corrected chi connectivity index (χ2v) is 8.77. The number of amides is 1. The van der Waals surface area contributed by atoms with Crippen molar-refractivity contribution in [2.45, 2.75) is 46.2 Å². The minimum absolute atomic E-state index is 0.218. The molecule has 0 unspecified atom stereocenters. The first kappa shape index (κ1) is 21.0. The number of carbonyl (C=O) groups excluding carboxylic acids is 1. The molecule has 0 aromatic heterocycles. The van der Waals surface area contributed by atoms with E-state index in [0.29, 0.717) is 12.1 Å². The number of rotatable bonds is 7. The lowest BCUT2D eigenvalue weighted by Gasteiger charge is -2.31. The summed E-state index contributed by atoms with van der Waals surface area (Å²) >= 11 is 0. The van der Waals surface area contributed by atoms with Crippen molar-refractivity contribution in [3.05, 3.63) is 65.2 Å². The largest absolute Gasteiger partial charge is 0.348 e. The Labute approximate surface area is 162 Å². The Balaban J connectivity index is 2.30. The zero-order chi connectivity index (χ0) is 20.2. The molecule has 27 heavy (non-hydrogen) atoms. The van der Waals surface area contributed by atoms with Crippen molar-refractivity contribution >= 4 is 21.6 Å². The van der Waals surface area contributed by atoms with Gasteiger partial charge in [-0.3, -0.25) is 9.10 Å². The molecule has 0 aliphatic carbocycles. The number of sulfonamides is 1. The van der Waals surface area contributed by atoms with Gasteiger partial charge in [-0.1, -0.05) is 48.9 Å². The second kappa shape index (κ2) is 8.57. The highest BCUT2D eigenvalue weighted by molar-refractivity contribution is 7.92. The molecule has 2 aromatic rings. The third kappa shape index (κ3) is 5.10. The van der Waals surface area contributed by atoms with Gasteiger partial charge in [-0.25, -0.2) is 8.42 Å². The van der Waals surface area contributed by atoms with Gasteiger partial charge in [0.1, 0.15) is 6.04 Å². The van der Waals surface area contributed by atoms with Crippen molar-refractivity contribution in [1.29, 1.82) is 0 Å². The molecule has 0 bridgehead atoms. The van der Waals surface area contributed by atoms with E-state index in [0.717, 1.165) is 22.9 Å². The van der Waals surface area contributed by atoms with Gasteiger partial charge in [0.15, 0.2) is 0 Å². The van der Waals surface area contributed by atoms with E-state index in [1.54, 1.807) is 24.3 Å². The summed E-state index contributed by atoms with van der Waals surface area (Å²) in [6, 6.07) is 13.8. The van der Waals surface area contributed by atoms with Crippen LogP contribution in [-0.2, 0) is 14.8 Å². The molecule has 0 spiro atoms. The number of nitrogens with one attached hydrogen (secondary N) is 1. The van der Waals surface area contributed by atoms with Crippen LogP contribution in [0.4, 0.5) is 5.69 Å². The number of hydrogen-bond acceptors (Lipinski definition) is 3. The summed E-state index contributed by atoms with van der Waals surface area (Å²) in [4.78, 5) is 13.0. The molecule has 0 saturated heterocycles. The molecule has 0 heterocycles. The molecule has 1 amide bonds. The maximum atomic E-state index is 13.0. The van der Waals surface area contributed by atoms with Crippen LogP contribution < -0.4 is 9.62 Å². The number of hydrogen-bond donors (Lipinski definition) is 1. The van der Waals surface area contributed by atoms with E-state index >= 15 is 0 Å². The second-order valence-electron chi connectivity index (χ2n) is 6.91. The van der Waals surface area contributed by atoms with Gasteiger partial charge in [0.05, 0.1) is 18.0 Å². The molecule has 0 saturated carbocycles. The molecule has 2 aromatic carbocycles. The number of aryl methyl sites for hydroxylation is 2. The van der Waals surface area contributed by atoms with E-state index in [4.69, 9.17) is 0 Å². The lowest BCUT2D eigenvalue weighted by Crippen LogP contribution is -2.49. The summed E-state index contributed by atoms with van der Waals surface area (Å²) in [6.45, 7) is 7.76. The predicted molar refractivity (Wildman–Crippen MR) is 110 cm³/mol. The highest BCUT2D eigenvalue weighted by Crippen LogP contribution is 2.24. The van der Waals surface area contributed by atoms with Gasteiger partial charge < -0.3 is 5.32 Å². The summed E-state index contributed by atoms with van der Waals surface area (Å²) in [6.07, 6.45) is 1.50. The summed E-state index contributed by atoms with van der Waals surface area (Å²) in [5, 5.41) is 2.98. The Morgan fingerprint density at radius 3 is 2.26 bits per heavy atom. The van der Waals surface area contributed by atoms with E-state index in [9.17, 15) is 13.2 Å². The normalized spacial score (nSPS) is 13.7. The molecule has 6 heteroatoms. The lowest BCUT2D eigenvalue weighted by molar-refractivity contribution is -0.122. The average Bonchev–Trinajstić information content (AvgIpc) is 2.58. The van der Waals surface area contributed by atoms with Crippen LogP contribution >= 0.6 is 0 Å². The maximum Gasteiger partial charge on any atom is 0.244 e. The molecule has 5 nitrogen and oxygen atoms in total. The van der Waals surface area contributed by atoms with Gasteiger partial charge in [0.25, 0.3) is 0 Å². The van der Waals surface area contributed by atoms with E-state index < -0.39 is 16.1 Å². The van der Waals surface area contributed by atoms with Crippen molar-refractivity contribution < 1.29 is 13.2 Å². The first-order valence-corrected chi connectivity index (χ1v) is 10.9. The van der Waals surface area contributed by atoms with Crippen LogP contribution in [0.2, 0.25) is 0 Å². The monoisotopic (exact) mass is 388 g/mol. The Hall–Kier alpha value is -2.34. The Morgan fingerprint density at radius 2 is 1.74 bits per heavy atom. The van der Waals surface area contributed by atoms with Gasteiger partial charge >= 0.3 is 0 Å². The third-order valence-electron chi connectivity index (χ3n) is 4.59. The molecule has 2 atom stereocenters. The Bertz CT molecular complexity index is 895. The number of anilines is 1. The van der Waals surface area contributed by atoms with Crippen molar-refractivity contribution in [3.63, 3.8) is 0 Å². The van der Waals surface area contributed by atoms with Crippen LogP contribution in [0.3, 0.4) is 0 Å². The standard InChI is InChI=1S/C21H28N2O3S/c1-6-20(23(27(5,25)26)18-10-8-7-9-11-18)21(24)22-17(4)19-13-12-15(2)14-16(19)3/h7-14,17,20H,6H2,1-5H3,(H,22,24)/t17-,20+/m0/s1. The van der Waals surface area contributed by atoms with Gasteiger partial charge in [0, 0.05) is 0 Å². The Kier molecular flexibility index (Phi) is 6.65. The first-order chi connectivity index (χ1) is 12.6. The number of benzene rings is 2. The van der Waals surface area contributed by atoms with Crippen LogP contribution in [0.1, 0.15) is 43.0 Å². The molecular formula is C21H28N2O3S. The fraction of sp³-hybridized carbons (Fsp3) is 0.381. The summed E-state index contributed by atoms with van der Waals surface area (Å²) < 4.78 is 26.1. The quantitative estimate of drug-likeness (QED) is 0.786. The van der Waals surface area contributed by atoms with E-state index in [2.05, 4.69) is 11.4 Å². The van der Waals surface area contributed by atoms with Gasteiger partial charge in [-0.05, 0) is 50.5 Å². The highest BCUT2D eigenvalue weighted by Gasteiger charge is 2.32. The van der Waals surface area contributed by atoms with E-state index in [1.165, 1.54) is 4.31 Å². The zero-order valence-electron chi connectivity index (χ0n) is 16.6. The van der Waals surface area contributed by atoms with Crippen LogP contribution in [0.25, 0.3) is 0 Å². The van der Waals surface area contributed by atoms with E-state index in [1.807, 2.05) is 45.9 Å². The highest BCUT2D eigenvalue weighted by atomic mass is 32.2. The van der Waals surface area contributed by atoms with Gasteiger partial charge in [-0.15, -0.1) is 0 Å². The first-order valence-electron chi connectivity index (χ1n) is 9.07. The minimum atomic E-state index is -3.62. The molecule has 0 fully saturated rings. The molecule has 1 N–H and O–H groups in total. The van der Waals surface area contributed by atoms with Crippen molar-refractivity contribution in [1.82, 2.24) is 5.32 Å². The predicted octanol–water partition coefficient (Wildman–Crippen LogP) is 3.73. The van der Waals surface area contributed by atoms with Gasteiger partial charge in [-0.2, -0.15) is 0 Å². The molecule has 146 valence electrons. The van der Waals surface area contributed by atoms with Crippen molar-refractivity contribution in [2.75, 3.05) is 10.6 Å². The lowest BCUT2D eigenvalue weighted by atomic mass is 10.00. The molecule has 0 aliphatic heterocycles. The van der Waals surface area contributed by atoms with Crippen LogP contribution in [0.5, 0.6) is 0 Å². The third-order valence-corrected chi connectivity index (χ3v) is 5.77. The van der Waals surface area contributed by atoms with Crippen molar-refractivity contribution in [3.8, 4) is 0 Å². The fourth-order valence-corrected chi connectivity index (χ4v) is 4.55. The maximum absolute atomic E-state index is 13.0. The zero-order valence-corrected chi connectivity index (χ0v) is 17.4. The summed E-state index contributed by atoms with van der Waals surface area (Å²) in [7, 11) is -3.62. The minimum Gasteiger partial charge on any atom is -0.348 e. The van der Waals surface area contributed by atoms with Crippen LogP contribution in [0.15, 0.2) is 48.5 Å². The van der Waals surface area contributed by atoms with Crippen LogP contribution in [-0.4, -0.2) is 26.6 Å². The number of carbonyl (C=O) groups is 1. The smallest absolute Gasteiger partial charge is 0.244 e. The van der Waals surface area contributed by atoms with Crippen LogP contribution in [0, 0.1) is 13.8 Å². The SMILES string of the molecule is CC[C@H](C(=O)N[C@@H](C)c1ccc(C)cc1C)N(c1ccccc1)S(C)(=O)=O. The molecular weight excluding hydrogens is 360 g/mol. The average molecular weight is 389 g/mol. The van der Waals surface area contributed by atoms with E-state index in [-0.39, 0.29) is 11.9 Å². The summed E-state index contributed by atoms with van der Waals surface area (Å²) in [5.74, 6) is -0.306. The molecule has 0 aliphatic rings. The Morgan fingerprint density at radius 1 is 1.11 bits per heavy atom. The molecule has 0 radical (unpaired) electrons. The van der Waals surface area contributed by atoms with Crippen molar-refractivity contribution in [2.24, 2.45) is 0 Å². The number of para-hydroxylation sites is 1. The van der Waals surface area contributed by atoms with Gasteiger partial charge in [0.2, 0.25) is 15.9 Å². The fourth-order valence-electron chi connectivity index (χ4n) is 3.33.